The molecule has 1 aromatic carbocycles. The van der Waals surface area contributed by atoms with E-state index in [0.29, 0.717) is 5.56 Å². The van der Waals surface area contributed by atoms with E-state index in [0.717, 1.165) is 42.8 Å². The van der Waals surface area contributed by atoms with Crippen LogP contribution in [0.2, 0.25) is 0 Å². The van der Waals surface area contributed by atoms with Crippen molar-refractivity contribution in [1.82, 2.24) is 9.88 Å². The molecule has 0 bridgehead atoms. The summed E-state index contributed by atoms with van der Waals surface area (Å²) in [4.78, 5) is 6.76. The van der Waals surface area contributed by atoms with Crippen molar-refractivity contribution in [2.75, 3.05) is 20.1 Å². The van der Waals surface area contributed by atoms with Crippen molar-refractivity contribution < 1.29 is 9.13 Å². The first-order chi connectivity index (χ1) is 11.5. The van der Waals surface area contributed by atoms with Crippen LogP contribution in [-0.2, 0) is 4.74 Å². The number of pyridine rings is 1. The molecule has 1 fully saturated rings. The topological polar surface area (TPSA) is 25.4 Å². The number of aryl methyl sites for hydroxylation is 2. The van der Waals surface area contributed by atoms with Crippen molar-refractivity contribution >= 4 is 0 Å². The lowest BCUT2D eigenvalue weighted by molar-refractivity contribution is -0.0263. The summed E-state index contributed by atoms with van der Waals surface area (Å²) in [6.45, 7) is 5.93. The van der Waals surface area contributed by atoms with Gasteiger partial charge in [-0.15, -0.1) is 0 Å². The molecular weight excluding hydrogens is 303 g/mol. The normalized spacial score (nSPS) is 17.8. The zero-order valence-corrected chi connectivity index (χ0v) is 14.6. The van der Waals surface area contributed by atoms with Crippen LogP contribution in [0.15, 0.2) is 36.5 Å². The number of rotatable bonds is 4. The molecule has 0 amide bonds. The maximum atomic E-state index is 14.6. The molecule has 0 aliphatic carbocycles. The van der Waals surface area contributed by atoms with Crippen LogP contribution < -0.4 is 0 Å². The minimum atomic E-state index is -0.459. The Morgan fingerprint density at radius 3 is 2.50 bits per heavy atom. The minimum absolute atomic E-state index is 0.134. The lowest BCUT2D eigenvalue weighted by Gasteiger charge is -2.32. The highest BCUT2D eigenvalue weighted by atomic mass is 19.1. The number of aromatic nitrogens is 1. The molecule has 128 valence electrons. The van der Waals surface area contributed by atoms with Crippen LogP contribution in [0.4, 0.5) is 4.39 Å². The number of piperidine rings is 1. The van der Waals surface area contributed by atoms with E-state index in [9.17, 15) is 4.39 Å². The Hall–Kier alpha value is -1.78. The molecule has 0 radical (unpaired) electrons. The first kappa shape index (κ1) is 17.1. The van der Waals surface area contributed by atoms with Crippen LogP contribution in [0, 0.1) is 19.7 Å². The fraction of sp³-hybridized carbons (Fsp3) is 0.450. The standard InChI is InChI=1S/C20H25FN2O/c1-14-4-5-17(18(21)12-14)20(19-13-15(2)6-9-22-19)24-16-7-10-23(3)11-8-16/h4-6,9,12-13,16,20H,7-8,10-11H2,1-3H3/t20-/m1/s1. The molecule has 1 atom stereocenters. The molecule has 24 heavy (non-hydrogen) atoms. The number of benzene rings is 1. The average molecular weight is 328 g/mol. The maximum Gasteiger partial charge on any atom is 0.129 e. The minimum Gasteiger partial charge on any atom is -0.364 e. The van der Waals surface area contributed by atoms with E-state index in [-0.39, 0.29) is 11.9 Å². The smallest absolute Gasteiger partial charge is 0.129 e. The van der Waals surface area contributed by atoms with Crippen LogP contribution >= 0.6 is 0 Å². The average Bonchev–Trinajstić information content (AvgIpc) is 2.55. The highest BCUT2D eigenvalue weighted by molar-refractivity contribution is 5.31. The molecule has 1 aliphatic heterocycles. The molecule has 1 aliphatic rings. The zero-order chi connectivity index (χ0) is 17.1. The second kappa shape index (κ2) is 7.41. The quantitative estimate of drug-likeness (QED) is 0.847. The van der Waals surface area contributed by atoms with E-state index in [1.807, 2.05) is 38.1 Å². The van der Waals surface area contributed by atoms with Crippen molar-refractivity contribution in [2.45, 2.75) is 38.9 Å². The Balaban J connectivity index is 1.91. The Morgan fingerprint density at radius 1 is 1.12 bits per heavy atom. The van der Waals surface area contributed by atoms with Gasteiger partial charge in [-0.25, -0.2) is 4.39 Å². The van der Waals surface area contributed by atoms with E-state index in [2.05, 4.69) is 16.9 Å². The van der Waals surface area contributed by atoms with Crippen molar-refractivity contribution in [1.29, 1.82) is 0 Å². The molecule has 0 N–H and O–H groups in total. The van der Waals surface area contributed by atoms with Gasteiger partial charge < -0.3 is 9.64 Å². The number of hydrogen-bond donors (Lipinski definition) is 0. The van der Waals surface area contributed by atoms with Gasteiger partial charge in [0.2, 0.25) is 0 Å². The highest BCUT2D eigenvalue weighted by Gasteiger charge is 2.26. The summed E-state index contributed by atoms with van der Waals surface area (Å²) in [5.41, 5.74) is 3.35. The third-order valence-corrected chi connectivity index (χ3v) is 4.64. The third-order valence-electron chi connectivity index (χ3n) is 4.64. The number of nitrogens with zero attached hydrogens (tertiary/aromatic N) is 2. The summed E-state index contributed by atoms with van der Waals surface area (Å²) >= 11 is 0. The van der Waals surface area contributed by atoms with Gasteiger partial charge in [0.25, 0.3) is 0 Å². The van der Waals surface area contributed by atoms with Gasteiger partial charge in [0.15, 0.2) is 0 Å². The maximum absolute atomic E-state index is 14.6. The molecule has 3 rings (SSSR count). The summed E-state index contributed by atoms with van der Waals surface area (Å²) in [6, 6.07) is 9.25. The number of hydrogen-bond acceptors (Lipinski definition) is 3. The molecule has 0 spiro atoms. The van der Waals surface area contributed by atoms with Gasteiger partial charge in [0.05, 0.1) is 11.8 Å². The first-order valence-corrected chi connectivity index (χ1v) is 8.55. The largest absolute Gasteiger partial charge is 0.364 e. The molecule has 0 unspecified atom stereocenters. The van der Waals surface area contributed by atoms with E-state index in [1.54, 1.807) is 12.3 Å². The SMILES string of the molecule is Cc1ccnc([C@H](OC2CCN(C)CC2)c2ccc(C)cc2F)c1. The van der Waals surface area contributed by atoms with Gasteiger partial charge in [-0.05, 0) is 63.1 Å². The van der Waals surface area contributed by atoms with Crippen LogP contribution in [0.3, 0.4) is 0 Å². The van der Waals surface area contributed by atoms with E-state index in [4.69, 9.17) is 4.74 Å². The van der Waals surface area contributed by atoms with Crippen LogP contribution in [0.1, 0.15) is 41.3 Å². The fourth-order valence-corrected chi connectivity index (χ4v) is 3.16. The van der Waals surface area contributed by atoms with Crippen molar-refractivity contribution in [2.24, 2.45) is 0 Å². The molecule has 1 saturated heterocycles. The van der Waals surface area contributed by atoms with Gasteiger partial charge in [-0.3, -0.25) is 4.98 Å². The molecule has 4 heteroatoms. The Kier molecular flexibility index (Phi) is 5.27. The summed E-state index contributed by atoms with van der Waals surface area (Å²) in [5, 5.41) is 0. The lowest BCUT2D eigenvalue weighted by Crippen LogP contribution is -2.35. The van der Waals surface area contributed by atoms with Gasteiger partial charge in [0, 0.05) is 24.8 Å². The second-order valence-corrected chi connectivity index (χ2v) is 6.80. The van der Waals surface area contributed by atoms with E-state index in [1.165, 1.54) is 0 Å². The van der Waals surface area contributed by atoms with Gasteiger partial charge in [-0.2, -0.15) is 0 Å². The van der Waals surface area contributed by atoms with E-state index < -0.39 is 6.10 Å². The van der Waals surface area contributed by atoms with Gasteiger partial charge >= 0.3 is 0 Å². The van der Waals surface area contributed by atoms with Crippen molar-refractivity contribution in [3.63, 3.8) is 0 Å². The summed E-state index contributed by atoms with van der Waals surface area (Å²) in [6.07, 6.45) is 3.37. The summed E-state index contributed by atoms with van der Waals surface area (Å²) in [5.74, 6) is -0.226. The molecular formula is C20H25FN2O. The van der Waals surface area contributed by atoms with E-state index >= 15 is 0 Å². The third kappa shape index (κ3) is 4.00. The van der Waals surface area contributed by atoms with Gasteiger partial charge in [-0.1, -0.05) is 12.1 Å². The molecule has 3 nitrogen and oxygen atoms in total. The first-order valence-electron chi connectivity index (χ1n) is 8.55. The van der Waals surface area contributed by atoms with Crippen LogP contribution in [0.25, 0.3) is 0 Å². The predicted octanol–water partition coefficient (Wildman–Crippen LogP) is 4.04. The lowest BCUT2D eigenvalue weighted by atomic mass is 10.0. The molecule has 1 aromatic heterocycles. The van der Waals surface area contributed by atoms with Crippen molar-refractivity contribution in [3.05, 3.63) is 64.7 Å². The number of likely N-dealkylation sites (tertiary alicyclic amines) is 1. The van der Waals surface area contributed by atoms with Crippen LogP contribution in [0.5, 0.6) is 0 Å². The molecule has 2 heterocycles. The Morgan fingerprint density at radius 2 is 1.83 bits per heavy atom. The molecule has 0 saturated carbocycles. The summed E-state index contributed by atoms with van der Waals surface area (Å²) in [7, 11) is 2.12. The monoisotopic (exact) mass is 328 g/mol. The predicted molar refractivity (Wildman–Crippen MR) is 93.6 cm³/mol. The number of ether oxygens (including phenoxy) is 1. The summed E-state index contributed by atoms with van der Waals surface area (Å²) < 4.78 is 20.9. The fourth-order valence-electron chi connectivity index (χ4n) is 3.16. The molecule has 2 aromatic rings. The van der Waals surface area contributed by atoms with Crippen molar-refractivity contribution in [3.8, 4) is 0 Å². The zero-order valence-electron chi connectivity index (χ0n) is 14.6. The second-order valence-electron chi connectivity index (χ2n) is 6.80. The Labute approximate surface area is 143 Å². The Bertz CT molecular complexity index is 696. The highest BCUT2D eigenvalue weighted by Crippen LogP contribution is 2.31. The van der Waals surface area contributed by atoms with Gasteiger partial charge in [0.1, 0.15) is 11.9 Å². The van der Waals surface area contributed by atoms with Crippen LogP contribution in [-0.4, -0.2) is 36.1 Å². The number of halogens is 1.